The summed E-state index contributed by atoms with van der Waals surface area (Å²) in [7, 11) is 0. The highest BCUT2D eigenvalue weighted by Crippen LogP contribution is 2.42. The Morgan fingerprint density at radius 3 is 2.19 bits per heavy atom. The molecule has 2 aliphatic heterocycles. The Balaban J connectivity index is 1.66. The standard InChI is InChI=1S/C33H50F2N4O3/c1-31(2,3)30(41)39(22-11-13-33(7,8)14-12-22)24-16-23(17-36-42)38(18-24)29(40)27-20-37(32(4,5)6)19-26(27)25-10-9-21(34)15-28(25)35/h9-10,15,22-24,26-27H,11-14,16-20H2,1-8H3/t23-,24-,26-,27+/m0/s1. The summed E-state index contributed by atoms with van der Waals surface area (Å²) >= 11 is 0. The van der Waals surface area contributed by atoms with E-state index in [1.165, 1.54) is 12.1 Å². The van der Waals surface area contributed by atoms with Crippen molar-refractivity contribution in [2.24, 2.45) is 21.9 Å². The number of benzene rings is 1. The molecule has 4 rings (SSSR count). The van der Waals surface area contributed by atoms with Crippen LogP contribution in [-0.2, 0) is 9.59 Å². The molecule has 3 aliphatic rings. The molecule has 4 atom stereocenters. The molecule has 3 fully saturated rings. The van der Waals surface area contributed by atoms with Crippen molar-refractivity contribution in [2.75, 3.05) is 26.2 Å². The predicted octanol–water partition coefficient (Wildman–Crippen LogP) is 6.36. The quantitative estimate of drug-likeness (QED) is 0.363. The summed E-state index contributed by atoms with van der Waals surface area (Å²) in [4.78, 5) is 45.9. The molecule has 1 aromatic rings. The average molecular weight is 589 g/mol. The number of halogens is 2. The number of likely N-dealkylation sites (tertiary alicyclic amines) is 2. The van der Waals surface area contributed by atoms with Crippen LogP contribution in [0.2, 0.25) is 0 Å². The fraction of sp³-hybridized carbons (Fsp3) is 0.758. The Morgan fingerprint density at radius 2 is 1.64 bits per heavy atom. The van der Waals surface area contributed by atoms with Gasteiger partial charge in [0.2, 0.25) is 11.8 Å². The number of hydrogen-bond acceptors (Lipinski definition) is 5. The van der Waals surface area contributed by atoms with Crippen molar-refractivity contribution in [3.05, 3.63) is 40.3 Å². The maximum Gasteiger partial charge on any atom is 0.228 e. The molecule has 0 radical (unpaired) electrons. The number of hydrogen-bond donors (Lipinski definition) is 0. The zero-order chi connectivity index (χ0) is 31.2. The van der Waals surface area contributed by atoms with Gasteiger partial charge < -0.3 is 9.80 Å². The van der Waals surface area contributed by atoms with Gasteiger partial charge in [-0.15, -0.1) is 0 Å². The molecule has 7 nitrogen and oxygen atoms in total. The average Bonchev–Trinajstić information content (AvgIpc) is 3.50. The Labute approximate surface area is 250 Å². The molecule has 1 aromatic carbocycles. The molecular weight excluding hydrogens is 538 g/mol. The van der Waals surface area contributed by atoms with Gasteiger partial charge in [-0.2, -0.15) is 4.91 Å². The van der Waals surface area contributed by atoms with Crippen molar-refractivity contribution in [1.29, 1.82) is 0 Å². The first-order chi connectivity index (χ1) is 19.4. The zero-order valence-corrected chi connectivity index (χ0v) is 26.8. The summed E-state index contributed by atoms with van der Waals surface area (Å²) in [6.07, 6.45) is 4.35. The second-order valence-electron chi connectivity index (χ2n) is 15.7. The van der Waals surface area contributed by atoms with Gasteiger partial charge in [0, 0.05) is 48.6 Å². The number of rotatable bonds is 6. The summed E-state index contributed by atoms with van der Waals surface area (Å²) in [6.45, 7) is 17.7. The molecular formula is C33H50F2N4O3. The van der Waals surface area contributed by atoms with E-state index in [0.717, 1.165) is 31.7 Å². The fourth-order valence-electron chi connectivity index (χ4n) is 7.23. The lowest BCUT2D eigenvalue weighted by molar-refractivity contribution is -0.147. The van der Waals surface area contributed by atoms with Gasteiger partial charge in [-0.05, 0) is 69.9 Å². The summed E-state index contributed by atoms with van der Waals surface area (Å²) in [5.74, 6) is -2.43. The number of nitroso groups, excluding NO2 is 1. The van der Waals surface area contributed by atoms with Crippen LogP contribution in [0.4, 0.5) is 8.78 Å². The van der Waals surface area contributed by atoms with Gasteiger partial charge in [0.25, 0.3) is 0 Å². The molecule has 0 N–H and O–H groups in total. The van der Waals surface area contributed by atoms with Gasteiger partial charge in [0.1, 0.15) is 18.2 Å². The minimum atomic E-state index is -0.654. The lowest BCUT2D eigenvalue weighted by atomic mass is 9.74. The van der Waals surface area contributed by atoms with Gasteiger partial charge in [-0.1, -0.05) is 45.9 Å². The largest absolute Gasteiger partial charge is 0.335 e. The van der Waals surface area contributed by atoms with E-state index in [9.17, 15) is 18.9 Å². The SMILES string of the molecule is CC1(C)CCC(N(C(=O)C(C)(C)C)[C@H]2C[C@@H](CN=O)N(C(=O)[C@@H]3CN(C(C)(C)C)C[C@H]3c3ccc(F)cc3F)C2)CC1. The Morgan fingerprint density at radius 1 is 1.00 bits per heavy atom. The van der Waals surface area contributed by atoms with E-state index in [1.807, 2.05) is 25.7 Å². The highest BCUT2D eigenvalue weighted by molar-refractivity contribution is 5.84. The van der Waals surface area contributed by atoms with Gasteiger partial charge in [-0.3, -0.25) is 14.5 Å². The second-order valence-corrected chi connectivity index (χ2v) is 15.7. The predicted molar refractivity (Wildman–Crippen MR) is 161 cm³/mol. The van der Waals surface area contributed by atoms with Crippen molar-refractivity contribution in [1.82, 2.24) is 14.7 Å². The summed E-state index contributed by atoms with van der Waals surface area (Å²) in [6, 6.07) is 3.00. The highest BCUT2D eigenvalue weighted by Gasteiger charge is 2.50. The smallest absolute Gasteiger partial charge is 0.228 e. The second kappa shape index (κ2) is 11.9. The molecule has 9 heteroatoms. The molecule has 2 saturated heterocycles. The molecule has 2 amide bonds. The van der Waals surface area contributed by atoms with Gasteiger partial charge in [0.05, 0.1) is 18.0 Å². The third-order valence-electron chi connectivity index (χ3n) is 9.88. The first kappa shape index (κ1) is 32.5. The molecule has 1 saturated carbocycles. The Bertz CT molecular complexity index is 1160. The van der Waals surface area contributed by atoms with Crippen LogP contribution < -0.4 is 0 Å². The fourth-order valence-corrected chi connectivity index (χ4v) is 7.23. The third-order valence-corrected chi connectivity index (χ3v) is 9.88. The van der Waals surface area contributed by atoms with E-state index in [4.69, 9.17) is 0 Å². The van der Waals surface area contributed by atoms with Crippen LogP contribution in [0.5, 0.6) is 0 Å². The first-order valence-electron chi connectivity index (χ1n) is 15.6. The van der Waals surface area contributed by atoms with Crippen molar-refractivity contribution in [2.45, 2.75) is 117 Å². The molecule has 0 spiro atoms. The molecule has 234 valence electrons. The topological polar surface area (TPSA) is 73.3 Å². The molecule has 1 aliphatic carbocycles. The van der Waals surface area contributed by atoms with E-state index in [2.05, 4.69) is 44.7 Å². The van der Waals surface area contributed by atoms with E-state index < -0.39 is 34.9 Å². The van der Waals surface area contributed by atoms with E-state index in [-0.39, 0.29) is 41.4 Å². The summed E-state index contributed by atoms with van der Waals surface area (Å²) < 4.78 is 28.9. The lowest BCUT2D eigenvalue weighted by Gasteiger charge is -2.45. The summed E-state index contributed by atoms with van der Waals surface area (Å²) in [5, 5.41) is 3.19. The maximum absolute atomic E-state index is 15.1. The number of carbonyl (C=O) groups excluding carboxylic acids is 2. The van der Waals surface area contributed by atoms with E-state index >= 15 is 4.39 Å². The number of carbonyl (C=O) groups is 2. The van der Waals surface area contributed by atoms with Crippen LogP contribution in [0, 0.1) is 33.3 Å². The van der Waals surface area contributed by atoms with Crippen LogP contribution in [-0.4, -0.2) is 76.4 Å². The molecule has 0 bridgehead atoms. The first-order valence-corrected chi connectivity index (χ1v) is 15.6. The van der Waals surface area contributed by atoms with E-state index in [0.29, 0.717) is 31.6 Å². The molecule has 42 heavy (non-hydrogen) atoms. The highest BCUT2D eigenvalue weighted by atomic mass is 19.1. The van der Waals surface area contributed by atoms with E-state index in [1.54, 1.807) is 4.90 Å². The van der Waals surface area contributed by atoms with Crippen molar-refractivity contribution >= 4 is 11.8 Å². The number of amides is 2. The normalized spacial score (nSPS) is 27.3. The Kier molecular flexibility index (Phi) is 9.23. The van der Waals surface area contributed by atoms with Gasteiger partial charge in [-0.25, -0.2) is 8.78 Å². The third kappa shape index (κ3) is 6.87. The van der Waals surface area contributed by atoms with Crippen LogP contribution in [0.15, 0.2) is 23.4 Å². The van der Waals surface area contributed by atoms with Crippen LogP contribution in [0.1, 0.15) is 99.0 Å². The Hall–Kier alpha value is -2.42. The van der Waals surface area contributed by atoms with Crippen LogP contribution >= 0.6 is 0 Å². The maximum atomic E-state index is 15.1. The molecule has 0 unspecified atom stereocenters. The van der Waals surface area contributed by atoms with Crippen LogP contribution in [0.3, 0.4) is 0 Å². The van der Waals surface area contributed by atoms with Crippen LogP contribution in [0.25, 0.3) is 0 Å². The van der Waals surface area contributed by atoms with Gasteiger partial charge >= 0.3 is 0 Å². The minimum Gasteiger partial charge on any atom is -0.335 e. The molecule has 2 heterocycles. The minimum absolute atomic E-state index is 0.0528. The lowest BCUT2D eigenvalue weighted by Crippen LogP contribution is -2.54. The van der Waals surface area contributed by atoms with Crippen molar-refractivity contribution < 1.29 is 18.4 Å². The van der Waals surface area contributed by atoms with Gasteiger partial charge in [0.15, 0.2) is 0 Å². The number of nitrogens with zero attached hydrogens (tertiary/aromatic N) is 4. The zero-order valence-electron chi connectivity index (χ0n) is 26.8. The monoisotopic (exact) mass is 588 g/mol. The molecule has 0 aromatic heterocycles. The summed E-state index contributed by atoms with van der Waals surface area (Å²) in [5.41, 5.74) is -0.282. The van der Waals surface area contributed by atoms with Crippen molar-refractivity contribution in [3.8, 4) is 0 Å². The van der Waals surface area contributed by atoms with Crippen molar-refractivity contribution in [3.63, 3.8) is 0 Å².